The Kier molecular flexibility index (Phi) is 4.31. The normalized spacial score (nSPS) is 17.1. The molecule has 0 saturated carbocycles. The van der Waals surface area contributed by atoms with Crippen molar-refractivity contribution in [3.63, 3.8) is 0 Å². The van der Waals surface area contributed by atoms with Gasteiger partial charge in [0.15, 0.2) is 0 Å². The van der Waals surface area contributed by atoms with Crippen molar-refractivity contribution in [2.24, 2.45) is 0 Å². The predicted molar refractivity (Wildman–Crippen MR) is 82.1 cm³/mol. The Morgan fingerprint density at radius 1 is 1.05 bits per heavy atom. The van der Waals surface area contributed by atoms with Gasteiger partial charge in [-0.05, 0) is 30.0 Å². The van der Waals surface area contributed by atoms with Crippen LogP contribution in [0.5, 0.6) is 0 Å². The first kappa shape index (κ1) is 13.8. The Balaban J connectivity index is 1.48. The third-order valence-corrected chi connectivity index (χ3v) is 3.79. The minimum atomic E-state index is 0.0323. The fourth-order valence-electron chi connectivity index (χ4n) is 2.66. The second-order valence-corrected chi connectivity index (χ2v) is 5.36. The molecular formula is C18H19NO2. The molecule has 3 nitrogen and oxygen atoms in total. The zero-order valence-electron chi connectivity index (χ0n) is 11.9. The van der Waals surface area contributed by atoms with E-state index >= 15 is 0 Å². The van der Waals surface area contributed by atoms with E-state index in [1.54, 1.807) is 0 Å². The molecule has 0 saturated heterocycles. The number of hydrogen-bond donors (Lipinski definition) is 1. The summed E-state index contributed by atoms with van der Waals surface area (Å²) in [5.41, 5.74) is 3.11. The first-order chi connectivity index (χ1) is 10.3. The molecule has 1 atom stereocenters. The maximum atomic E-state index is 12.0. The standard InChI is InChI=1S/C18H19NO2/c20-18-17-9-5-4-8-15(17)12-16(19-18)10-11-21-13-14-6-2-1-3-7-14/h1-9,16H,10-13H2,(H,19,20)/t16-/m1/s1. The molecule has 0 radical (unpaired) electrons. The lowest BCUT2D eigenvalue weighted by atomic mass is 9.94. The Morgan fingerprint density at radius 2 is 1.81 bits per heavy atom. The lowest BCUT2D eigenvalue weighted by Crippen LogP contribution is -2.41. The maximum absolute atomic E-state index is 12.0. The maximum Gasteiger partial charge on any atom is 0.251 e. The van der Waals surface area contributed by atoms with Gasteiger partial charge in [0.2, 0.25) is 0 Å². The number of ether oxygens (including phenoxy) is 1. The van der Waals surface area contributed by atoms with Crippen molar-refractivity contribution < 1.29 is 9.53 Å². The van der Waals surface area contributed by atoms with Gasteiger partial charge < -0.3 is 10.1 Å². The highest BCUT2D eigenvalue weighted by atomic mass is 16.5. The second-order valence-electron chi connectivity index (χ2n) is 5.36. The zero-order chi connectivity index (χ0) is 14.5. The Bertz CT molecular complexity index is 610. The number of fused-ring (bicyclic) bond motifs is 1. The highest BCUT2D eigenvalue weighted by molar-refractivity contribution is 5.96. The smallest absolute Gasteiger partial charge is 0.251 e. The van der Waals surface area contributed by atoms with Crippen molar-refractivity contribution in [3.8, 4) is 0 Å². The molecular weight excluding hydrogens is 262 g/mol. The molecule has 21 heavy (non-hydrogen) atoms. The molecule has 108 valence electrons. The Labute approximate surface area is 124 Å². The van der Waals surface area contributed by atoms with Crippen LogP contribution in [-0.4, -0.2) is 18.6 Å². The third kappa shape index (κ3) is 3.50. The summed E-state index contributed by atoms with van der Waals surface area (Å²) in [6, 6.07) is 18.1. The summed E-state index contributed by atoms with van der Waals surface area (Å²) in [5, 5.41) is 3.05. The van der Waals surface area contributed by atoms with Crippen LogP contribution in [-0.2, 0) is 17.8 Å². The minimum absolute atomic E-state index is 0.0323. The highest BCUT2D eigenvalue weighted by Crippen LogP contribution is 2.18. The molecule has 0 spiro atoms. The number of amides is 1. The molecule has 3 rings (SSSR count). The van der Waals surface area contributed by atoms with Gasteiger partial charge in [0.1, 0.15) is 0 Å². The van der Waals surface area contributed by atoms with Crippen LogP contribution in [0.3, 0.4) is 0 Å². The monoisotopic (exact) mass is 281 g/mol. The lowest BCUT2D eigenvalue weighted by Gasteiger charge is -2.25. The fraction of sp³-hybridized carbons (Fsp3) is 0.278. The molecule has 1 aliphatic heterocycles. The quantitative estimate of drug-likeness (QED) is 0.856. The highest BCUT2D eigenvalue weighted by Gasteiger charge is 2.23. The van der Waals surface area contributed by atoms with Crippen molar-refractivity contribution in [2.75, 3.05) is 6.61 Å². The molecule has 3 heteroatoms. The second kappa shape index (κ2) is 6.55. The molecule has 0 unspecified atom stereocenters. The number of carbonyl (C=O) groups is 1. The summed E-state index contributed by atoms with van der Waals surface area (Å²) in [4.78, 5) is 12.0. The topological polar surface area (TPSA) is 38.3 Å². The molecule has 2 aromatic carbocycles. The van der Waals surface area contributed by atoms with Gasteiger partial charge in [0, 0.05) is 18.2 Å². The van der Waals surface area contributed by atoms with Gasteiger partial charge in [-0.25, -0.2) is 0 Å². The van der Waals surface area contributed by atoms with E-state index in [1.165, 1.54) is 5.56 Å². The SMILES string of the molecule is O=C1N[C@H](CCOCc2ccccc2)Cc2ccccc21. The fourth-order valence-corrected chi connectivity index (χ4v) is 2.66. The first-order valence-corrected chi connectivity index (χ1v) is 7.33. The van der Waals surface area contributed by atoms with E-state index in [4.69, 9.17) is 4.74 Å². The minimum Gasteiger partial charge on any atom is -0.377 e. The van der Waals surface area contributed by atoms with Gasteiger partial charge >= 0.3 is 0 Å². The number of carbonyl (C=O) groups excluding carboxylic acids is 1. The number of rotatable bonds is 5. The lowest BCUT2D eigenvalue weighted by molar-refractivity contribution is 0.0877. The van der Waals surface area contributed by atoms with Crippen molar-refractivity contribution in [1.82, 2.24) is 5.32 Å². The summed E-state index contributed by atoms with van der Waals surface area (Å²) in [6.07, 6.45) is 1.73. The first-order valence-electron chi connectivity index (χ1n) is 7.33. The van der Waals surface area contributed by atoms with E-state index in [9.17, 15) is 4.79 Å². The van der Waals surface area contributed by atoms with Crippen LogP contribution in [0.15, 0.2) is 54.6 Å². The Hall–Kier alpha value is -2.13. The van der Waals surface area contributed by atoms with E-state index in [0.717, 1.165) is 24.0 Å². The number of benzene rings is 2. The molecule has 0 bridgehead atoms. The predicted octanol–water partition coefficient (Wildman–Crippen LogP) is 2.95. The summed E-state index contributed by atoms with van der Waals surface area (Å²) in [7, 11) is 0. The Morgan fingerprint density at radius 3 is 2.67 bits per heavy atom. The summed E-state index contributed by atoms with van der Waals surface area (Å²) >= 11 is 0. The van der Waals surface area contributed by atoms with Crippen molar-refractivity contribution in [2.45, 2.75) is 25.5 Å². The van der Waals surface area contributed by atoms with Gasteiger partial charge in [-0.15, -0.1) is 0 Å². The van der Waals surface area contributed by atoms with Crippen LogP contribution in [0.2, 0.25) is 0 Å². The van der Waals surface area contributed by atoms with Crippen molar-refractivity contribution >= 4 is 5.91 Å². The van der Waals surface area contributed by atoms with E-state index < -0.39 is 0 Å². The van der Waals surface area contributed by atoms with Crippen molar-refractivity contribution in [1.29, 1.82) is 0 Å². The summed E-state index contributed by atoms with van der Waals surface area (Å²) in [5.74, 6) is 0.0323. The molecule has 1 heterocycles. The molecule has 0 aliphatic carbocycles. The average Bonchev–Trinajstić information content (AvgIpc) is 2.53. The van der Waals surface area contributed by atoms with Crippen LogP contribution in [0.25, 0.3) is 0 Å². The van der Waals surface area contributed by atoms with Crippen LogP contribution < -0.4 is 5.32 Å². The van der Waals surface area contributed by atoms with E-state index in [0.29, 0.717) is 13.2 Å². The van der Waals surface area contributed by atoms with E-state index in [-0.39, 0.29) is 11.9 Å². The largest absolute Gasteiger partial charge is 0.377 e. The van der Waals surface area contributed by atoms with Crippen LogP contribution in [0, 0.1) is 0 Å². The van der Waals surface area contributed by atoms with Crippen molar-refractivity contribution in [3.05, 3.63) is 71.3 Å². The van der Waals surface area contributed by atoms with Gasteiger partial charge in [0.25, 0.3) is 5.91 Å². The average molecular weight is 281 g/mol. The zero-order valence-corrected chi connectivity index (χ0v) is 11.9. The molecule has 2 aromatic rings. The molecule has 0 fully saturated rings. The molecule has 1 N–H and O–H groups in total. The van der Waals surface area contributed by atoms with Gasteiger partial charge in [-0.3, -0.25) is 4.79 Å². The number of hydrogen-bond acceptors (Lipinski definition) is 2. The summed E-state index contributed by atoms with van der Waals surface area (Å²) < 4.78 is 5.69. The van der Waals surface area contributed by atoms with Crippen LogP contribution in [0.4, 0.5) is 0 Å². The van der Waals surface area contributed by atoms with Crippen LogP contribution >= 0.6 is 0 Å². The molecule has 1 aliphatic rings. The molecule has 1 amide bonds. The van der Waals surface area contributed by atoms with Gasteiger partial charge in [0.05, 0.1) is 6.61 Å². The van der Waals surface area contributed by atoms with E-state index in [2.05, 4.69) is 17.4 Å². The van der Waals surface area contributed by atoms with Gasteiger partial charge in [-0.1, -0.05) is 48.5 Å². The van der Waals surface area contributed by atoms with Crippen LogP contribution in [0.1, 0.15) is 27.9 Å². The molecule has 0 aromatic heterocycles. The van der Waals surface area contributed by atoms with Gasteiger partial charge in [-0.2, -0.15) is 0 Å². The summed E-state index contributed by atoms with van der Waals surface area (Å²) in [6.45, 7) is 1.28. The third-order valence-electron chi connectivity index (χ3n) is 3.79. The van der Waals surface area contributed by atoms with E-state index in [1.807, 2.05) is 42.5 Å². The number of nitrogens with one attached hydrogen (secondary N) is 1.